The fourth-order valence-corrected chi connectivity index (χ4v) is 2.41. The lowest BCUT2D eigenvalue weighted by atomic mass is 10.1. The van der Waals surface area contributed by atoms with Crippen molar-refractivity contribution in [3.05, 3.63) is 59.8 Å². The predicted octanol–water partition coefficient (Wildman–Crippen LogP) is 3.65. The minimum atomic E-state index is -0.308. The molecule has 0 atom stereocenters. The number of nitrogens with zero attached hydrogens (tertiary/aromatic N) is 1. The first kappa shape index (κ1) is 16.6. The van der Waals surface area contributed by atoms with Crippen LogP contribution in [0.3, 0.4) is 0 Å². The van der Waals surface area contributed by atoms with Crippen LogP contribution in [0.25, 0.3) is 11.3 Å². The number of methoxy groups -OCH3 is 2. The van der Waals surface area contributed by atoms with Crippen LogP contribution in [-0.2, 0) is 0 Å². The number of aromatic nitrogens is 2. The highest BCUT2D eigenvalue weighted by atomic mass is 16.5. The fourth-order valence-electron chi connectivity index (χ4n) is 2.41. The van der Waals surface area contributed by atoms with Crippen LogP contribution < -0.4 is 14.8 Å². The van der Waals surface area contributed by atoms with E-state index in [0.29, 0.717) is 28.6 Å². The first-order chi connectivity index (χ1) is 12.1. The number of anilines is 1. The number of hydrogen-bond donors (Lipinski definition) is 2. The third kappa shape index (κ3) is 3.63. The van der Waals surface area contributed by atoms with Crippen LogP contribution in [0.5, 0.6) is 11.5 Å². The molecule has 0 spiro atoms. The number of ether oxygens (including phenoxy) is 2. The van der Waals surface area contributed by atoms with Crippen LogP contribution in [-0.4, -0.2) is 30.3 Å². The number of H-pyrrole nitrogens is 1. The molecule has 1 amide bonds. The Labute approximate surface area is 145 Å². The maximum absolute atomic E-state index is 12.5. The predicted molar refractivity (Wildman–Crippen MR) is 96.3 cm³/mol. The van der Waals surface area contributed by atoms with E-state index >= 15 is 0 Å². The molecule has 25 heavy (non-hydrogen) atoms. The molecule has 6 nitrogen and oxygen atoms in total. The zero-order valence-corrected chi connectivity index (χ0v) is 14.3. The van der Waals surface area contributed by atoms with Crippen LogP contribution in [0.15, 0.2) is 48.5 Å². The molecule has 0 aliphatic rings. The highest BCUT2D eigenvalue weighted by molar-refractivity contribution is 6.04. The zero-order chi connectivity index (χ0) is 17.8. The molecule has 0 bridgehead atoms. The SMILES string of the molecule is COc1ccc(OC)c(NC(=O)c2cc(-c3ccc(C)cc3)n[nH]2)c1. The van der Waals surface area contributed by atoms with Gasteiger partial charge >= 0.3 is 0 Å². The number of carbonyl (C=O) groups is 1. The van der Waals surface area contributed by atoms with Gasteiger partial charge in [0.2, 0.25) is 0 Å². The van der Waals surface area contributed by atoms with Crippen LogP contribution in [0, 0.1) is 6.92 Å². The molecule has 0 saturated carbocycles. The smallest absolute Gasteiger partial charge is 0.273 e. The van der Waals surface area contributed by atoms with Crippen molar-refractivity contribution in [3.8, 4) is 22.8 Å². The first-order valence-corrected chi connectivity index (χ1v) is 7.76. The van der Waals surface area contributed by atoms with Gasteiger partial charge in [-0.1, -0.05) is 29.8 Å². The van der Waals surface area contributed by atoms with Gasteiger partial charge in [0.1, 0.15) is 17.2 Å². The molecule has 128 valence electrons. The third-order valence-electron chi connectivity index (χ3n) is 3.82. The van der Waals surface area contributed by atoms with Gasteiger partial charge < -0.3 is 14.8 Å². The Morgan fingerprint density at radius 2 is 1.80 bits per heavy atom. The zero-order valence-electron chi connectivity index (χ0n) is 14.3. The lowest BCUT2D eigenvalue weighted by Crippen LogP contribution is -2.13. The molecule has 3 rings (SSSR count). The monoisotopic (exact) mass is 337 g/mol. The molecule has 0 fully saturated rings. The van der Waals surface area contributed by atoms with E-state index in [2.05, 4.69) is 15.5 Å². The van der Waals surface area contributed by atoms with Gasteiger partial charge in [-0.2, -0.15) is 5.10 Å². The van der Waals surface area contributed by atoms with E-state index in [9.17, 15) is 4.79 Å². The van der Waals surface area contributed by atoms with Crippen molar-refractivity contribution >= 4 is 11.6 Å². The first-order valence-electron chi connectivity index (χ1n) is 7.76. The molecule has 0 aliphatic heterocycles. The lowest BCUT2D eigenvalue weighted by molar-refractivity contribution is 0.102. The van der Waals surface area contributed by atoms with Crippen LogP contribution in [0.4, 0.5) is 5.69 Å². The lowest BCUT2D eigenvalue weighted by Gasteiger charge is -2.11. The molecule has 2 N–H and O–H groups in total. The van der Waals surface area contributed by atoms with E-state index in [0.717, 1.165) is 5.56 Å². The number of benzene rings is 2. The molecule has 2 aromatic carbocycles. The fraction of sp³-hybridized carbons (Fsp3) is 0.158. The summed E-state index contributed by atoms with van der Waals surface area (Å²) in [4.78, 5) is 12.5. The quantitative estimate of drug-likeness (QED) is 0.745. The van der Waals surface area contributed by atoms with Crippen molar-refractivity contribution in [2.45, 2.75) is 6.92 Å². The molecule has 0 radical (unpaired) electrons. The van der Waals surface area contributed by atoms with Gasteiger partial charge in [0, 0.05) is 11.6 Å². The molecule has 0 saturated heterocycles. The van der Waals surface area contributed by atoms with Gasteiger partial charge in [-0.05, 0) is 25.1 Å². The summed E-state index contributed by atoms with van der Waals surface area (Å²) in [5, 5.41) is 9.80. The Hall–Kier alpha value is -3.28. The van der Waals surface area contributed by atoms with E-state index in [-0.39, 0.29) is 5.91 Å². The second-order valence-electron chi connectivity index (χ2n) is 5.55. The molecular weight excluding hydrogens is 318 g/mol. The normalized spacial score (nSPS) is 10.4. The topological polar surface area (TPSA) is 76.2 Å². The highest BCUT2D eigenvalue weighted by Crippen LogP contribution is 2.29. The second-order valence-corrected chi connectivity index (χ2v) is 5.55. The number of aryl methyl sites for hydroxylation is 1. The molecule has 1 aromatic heterocycles. The van der Waals surface area contributed by atoms with E-state index in [1.165, 1.54) is 5.56 Å². The van der Waals surface area contributed by atoms with Gasteiger partial charge in [0.05, 0.1) is 25.6 Å². The third-order valence-corrected chi connectivity index (χ3v) is 3.82. The van der Waals surface area contributed by atoms with E-state index < -0.39 is 0 Å². The summed E-state index contributed by atoms with van der Waals surface area (Å²) < 4.78 is 10.5. The van der Waals surface area contributed by atoms with E-state index in [1.54, 1.807) is 38.5 Å². The average Bonchev–Trinajstić information content (AvgIpc) is 3.12. The second kappa shape index (κ2) is 7.09. The summed E-state index contributed by atoms with van der Waals surface area (Å²) in [6, 6.07) is 14.9. The van der Waals surface area contributed by atoms with Crippen molar-refractivity contribution < 1.29 is 14.3 Å². The summed E-state index contributed by atoms with van der Waals surface area (Å²) in [7, 11) is 3.11. The summed E-state index contributed by atoms with van der Waals surface area (Å²) in [5.74, 6) is 0.867. The molecule has 0 unspecified atom stereocenters. The number of amides is 1. The molecule has 1 heterocycles. The number of nitrogens with one attached hydrogen (secondary N) is 2. The van der Waals surface area contributed by atoms with Crippen LogP contribution in [0.1, 0.15) is 16.1 Å². The van der Waals surface area contributed by atoms with Crippen LogP contribution in [0.2, 0.25) is 0 Å². The Bertz CT molecular complexity index is 885. The minimum absolute atomic E-state index is 0.308. The number of hydrogen-bond acceptors (Lipinski definition) is 4. The van der Waals surface area contributed by atoms with Gasteiger partial charge in [-0.3, -0.25) is 9.89 Å². The molecule has 6 heteroatoms. The summed E-state index contributed by atoms with van der Waals surface area (Å²) in [5.41, 5.74) is 3.71. The summed E-state index contributed by atoms with van der Waals surface area (Å²) in [6.07, 6.45) is 0. The summed E-state index contributed by atoms with van der Waals surface area (Å²) in [6.45, 7) is 2.02. The van der Waals surface area contributed by atoms with E-state index in [4.69, 9.17) is 9.47 Å². The van der Waals surface area contributed by atoms with Crippen molar-refractivity contribution in [3.63, 3.8) is 0 Å². The molecular formula is C19H19N3O3. The number of aromatic amines is 1. The average molecular weight is 337 g/mol. The Morgan fingerprint density at radius 3 is 2.48 bits per heavy atom. The number of carbonyl (C=O) groups excluding carboxylic acids is 1. The summed E-state index contributed by atoms with van der Waals surface area (Å²) >= 11 is 0. The minimum Gasteiger partial charge on any atom is -0.497 e. The molecule has 0 aliphatic carbocycles. The van der Waals surface area contributed by atoms with Crippen molar-refractivity contribution in [1.82, 2.24) is 10.2 Å². The van der Waals surface area contributed by atoms with Gasteiger partial charge in [0.15, 0.2) is 0 Å². The highest BCUT2D eigenvalue weighted by Gasteiger charge is 2.14. The van der Waals surface area contributed by atoms with Crippen molar-refractivity contribution in [1.29, 1.82) is 0 Å². The van der Waals surface area contributed by atoms with Gasteiger partial charge in [-0.25, -0.2) is 0 Å². The van der Waals surface area contributed by atoms with Crippen molar-refractivity contribution in [2.75, 3.05) is 19.5 Å². The largest absolute Gasteiger partial charge is 0.497 e. The standard InChI is InChI=1S/C19H19N3O3/c1-12-4-6-13(7-5-12)15-11-17(22-21-15)19(23)20-16-10-14(24-2)8-9-18(16)25-3/h4-11H,1-3H3,(H,20,23)(H,21,22). The maximum Gasteiger partial charge on any atom is 0.273 e. The number of rotatable bonds is 5. The Morgan fingerprint density at radius 1 is 1.04 bits per heavy atom. The van der Waals surface area contributed by atoms with Crippen LogP contribution >= 0.6 is 0 Å². The van der Waals surface area contributed by atoms with Gasteiger partial charge in [-0.15, -0.1) is 0 Å². The van der Waals surface area contributed by atoms with Crippen molar-refractivity contribution in [2.24, 2.45) is 0 Å². The van der Waals surface area contributed by atoms with Gasteiger partial charge in [0.25, 0.3) is 5.91 Å². The van der Waals surface area contributed by atoms with E-state index in [1.807, 2.05) is 31.2 Å². The molecule has 3 aromatic rings. The Kier molecular flexibility index (Phi) is 4.70. The Balaban J connectivity index is 1.81. The maximum atomic E-state index is 12.5.